The zero-order valence-electron chi connectivity index (χ0n) is 16.0. The molecule has 2 fully saturated rings. The van der Waals surface area contributed by atoms with Gasteiger partial charge in [0.15, 0.2) is 0 Å². The molecule has 0 radical (unpaired) electrons. The summed E-state index contributed by atoms with van der Waals surface area (Å²) in [4.78, 5) is 27.3. The minimum Gasteiger partial charge on any atom is -0.354 e. The molecule has 5 heteroatoms. The minimum atomic E-state index is -0.0952. The highest BCUT2D eigenvalue weighted by molar-refractivity contribution is 5.95. The van der Waals surface area contributed by atoms with Crippen LogP contribution in [0.3, 0.4) is 0 Å². The normalized spacial score (nSPS) is 23.5. The minimum absolute atomic E-state index is 0.0447. The number of hydrogen-bond donors (Lipinski definition) is 2. The molecule has 2 atom stereocenters. The molecule has 0 bridgehead atoms. The molecule has 26 heavy (non-hydrogen) atoms. The Kier molecular flexibility index (Phi) is 6.30. The molecule has 3 rings (SSSR count). The second-order valence-electron chi connectivity index (χ2n) is 7.86. The van der Waals surface area contributed by atoms with Crippen molar-refractivity contribution >= 4 is 11.8 Å². The fourth-order valence-electron chi connectivity index (χ4n) is 4.12. The van der Waals surface area contributed by atoms with Gasteiger partial charge in [0.2, 0.25) is 5.91 Å². The van der Waals surface area contributed by atoms with Crippen LogP contribution >= 0.6 is 0 Å². The number of nitrogens with zero attached hydrogens (tertiary/aromatic N) is 1. The van der Waals surface area contributed by atoms with Crippen LogP contribution in [0.1, 0.15) is 53.6 Å². The van der Waals surface area contributed by atoms with Gasteiger partial charge in [-0.3, -0.25) is 9.59 Å². The van der Waals surface area contributed by atoms with Crippen molar-refractivity contribution < 1.29 is 9.59 Å². The van der Waals surface area contributed by atoms with Gasteiger partial charge in [-0.1, -0.05) is 23.6 Å². The molecule has 142 valence electrons. The van der Waals surface area contributed by atoms with Crippen molar-refractivity contribution in [2.24, 2.45) is 5.92 Å². The molecule has 2 aliphatic heterocycles. The van der Waals surface area contributed by atoms with E-state index in [1.54, 1.807) is 0 Å². The predicted octanol–water partition coefficient (Wildman–Crippen LogP) is 2.41. The van der Waals surface area contributed by atoms with Crippen LogP contribution in [0, 0.1) is 19.8 Å². The van der Waals surface area contributed by atoms with Crippen LogP contribution in [0.5, 0.6) is 0 Å². The van der Waals surface area contributed by atoms with Gasteiger partial charge in [-0.15, -0.1) is 0 Å². The Morgan fingerprint density at radius 3 is 2.58 bits per heavy atom. The number of nitrogens with one attached hydrogen (secondary N) is 2. The van der Waals surface area contributed by atoms with E-state index >= 15 is 0 Å². The maximum atomic E-state index is 12.9. The highest BCUT2D eigenvalue weighted by Gasteiger charge is 2.29. The van der Waals surface area contributed by atoms with Gasteiger partial charge < -0.3 is 15.5 Å². The van der Waals surface area contributed by atoms with Gasteiger partial charge in [-0.2, -0.15) is 0 Å². The van der Waals surface area contributed by atoms with E-state index in [0.29, 0.717) is 19.1 Å². The van der Waals surface area contributed by atoms with Crippen molar-refractivity contribution in [3.05, 3.63) is 34.9 Å². The van der Waals surface area contributed by atoms with Gasteiger partial charge in [0.1, 0.15) is 0 Å². The average molecular weight is 357 g/mol. The number of likely N-dealkylation sites (tertiary alicyclic amines) is 1. The molecule has 1 aromatic rings. The largest absolute Gasteiger partial charge is 0.354 e. The van der Waals surface area contributed by atoms with Gasteiger partial charge in [0, 0.05) is 31.2 Å². The summed E-state index contributed by atoms with van der Waals surface area (Å²) >= 11 is 0. The van der Waals surface area contributed by atoms with E-state index in [0.717, 1.165) is 49.0 Å². The highest BCUT2D eigenvalue weighted by Crippen LogP contribution is 2.20. The smallest absolute Gasteiger partial charge is 0.253 e. The van der Waals surface area contributed by atoms with Crippen molar-refractivity contribution in [3.8, 4) is 0 Å². The Bertz CT molecular complexity index is 632. The topological polar surface area (TPSA) is 61.4 Å². The monoisotopic (exact) mass is 357 g/mol. The Hall–Kier alpha value is -1.88. The second kappa shape index (κ2) is 8.67. The molecule has 2 saturated heterocycles. The fraction of sp³-hybridized carbons (Fsp3) is 0.619. The number of piperidine rings is 2. The summed E-state index contributed by atoms with van der Waals surface area (Å²) in [6, 6.07) is 6.34. The SMILES string of the molecule is Cc1cc(C)cc(C(=O)N2CCCC(C(=O)NC[C@H]3CCCCN3)C2)c1. The lowest BCUT2D eigenvalue weighted by Crippen LogP contribution is -2.49. The Morgan fingerprint density at radius 1 is 1.12 bits per heavy atom. The Labute approximate surface area is 156 Å². The maximum Gasteiger partial charge on any atom is 0.253 e. The predicted molar refractivity (Wildman–Crippen MR) is 103 cm³/mol. The number of benzene rings is 1. The average Bonchev–Trinajstić information content (AvgIpc) is 2.65. The molecule has 2 amide bonds. The van der Waals surface area contributed by atoms with Gasteiger partial charge >= 0.3 is 0 Å². The van der Waals surface area contributed by atoms with Crippen LogP contribution in [0.2, 0.25) is 0 Å². The van der Waals surface area contributed by atoms with Crippen molar-refractivity contribution in [1.82, 2.24) is 15.5 Å². The van der Waals surface area contributed by atoms with E-state index in [1.165, 1.54) is 12.8 Å². The van der Waals surface area contributed by atoms with Gasteiger partial charge in [-0.05, 0) is 58.2 Å². The van der Waals surface area contributed by atoms with Crippen molar-refractivity contribution in [1.29, 1.82) is 0 Å². The molecule has 2 heterocycles. The molecule has 1 aromatic carbocycles. The van der Waals surface area contributed by atoms with Crippen LogP contribution < -0.4 is 10.6 Å². The van der Waals surface area contributed by atoms with Crippen LogP contribution in [0.4, 0.5) is 0 Å². The van der Waals surface area contributed by atoms with Crippen molar-refractivity contribution in [3.63, 3.8) is 0 Å². The van der Waals surface area contributed by atoms with E-state index in [9.17, 15) is 9.59 Å². The maximum absolute atomic E-state index is 12.9. The molecule has 0 spiro atoms. The second-order valence-corrected chi connectivity index (χ2v) is 7.86. The molecule has 5 nitrogen and oxygen atoms in total. The Morgan fingerprint density at radius 2 is 1.88 bits per heavy atom. The summed E-state index contributed by atoms with van der Waals surface area (Å²) in [5.41, 5.74) is 2.93. The third kappa shape index (κ3) is 4.85. The van der Waals surface area contributed by atoms with Gasteiger partial charge in [0.05, 0.1) is 5.92 Å². The summed E-state index contributed by atoms with van der Waals surface area (Å²) in [5, 5.41) is 6.56. The molecule has 0 aliphatic carbocycles. The third-order valence-corrected chi connectivity index (χ3v) is 5.48. The number of aryl methyl sites for hydroxylation is 2. The van der Waals surface area contributed by atoms with E-state index < -0.39 is 0 Å². The first kappa shape index (κ1) is 18.9. The highest BCUT2D eigenvalue weighted by atomic mass is 16.2. The fourth-order valence-corrected chi connectivity index (χ4v) is 4.12. The van der Waals surface area contributed by atoms with Crippen molar-refractivity contribution in [2.45, 2.75) is 52.0 Å². The molecule has 2 aliphatic rings. The third-order valence-electron chi connectivity index (χ3n) is 5.48. The summed E-state index contributed by atoms with van der Waals surface area (Å²) < 4.78 is 0. The summed E-state index contributed by atoms with van der Waals surface area (Å²) in [5.74, 6) is 0.0424. The van der Waals surface area contributed by atoms with Crippen LogP contribution in [0.25, 0.3) is 0 Å². The molecule has 2 N–H and O–H groups in total. The standard InChI is InChI=1S/C21H31N3O2/c1-15-10-16(2)12-18(11-15)21(26)24-9-5-6-17(14-24)20(25)23-13-19-7-3-4-8-22-19/h10-12,17,19,22H,3-9,13-14H2,1-2H3,(H,23,25)/t17?,19-/m1/s1. The summed E-state index contributed by atoms with van der Waals surface area (Å²) in [7, 11) is 0. The van der Waals surface area contributed by atoms with Crippen LogP contribution in [-0.4, -0.2) is 48.9 Å². The summed E-state index contributed by atoms with van der Waals surface area (Å²) in [6.45, 7) is 7.02. The molecular weight excluding hydrogens is 326 g/mol. The lowest BCUT2D eigenvalue weighted by molar-refractivity contribution is -0.126. The number of carbonyl (C=O) groups excluding carboxylic acids is 2. The number of hydrogen-bond acceptors (Lipinski definition) is 3. The number of carbonyl (C=O) groups is 2. The van der Waals surface area contributed by atoms with Crippen molar-refractivity contribution in [2.75, 3.05) is 26.2 Å². The number of rotatable bonds is 4. The van der Waals surface area contributed by atoms with E-state index in [-0.39, 0.29) is 17.7 Å². The molecule has 0 saturated carbocycles. The van der Waals surface area contributed by atoms with Crippen LogP contribution in [0.15, 0.2) is 18.2 Å². The van der Waals surface area contributed by atoms with Gasteiger partial charge in [-0.25, -0.2) is 0 Å². The molecular formula is C21H31N3O2. The van der Waals surface area contributed by atoms with Crippen LogP contribution in [-0.2, 0) is 4.79 Å². The molecule has 1 unspecified atom stereocenters. The summed E-state index contributed by atoms with van der Waals surface area (Å²) in [6.07, 6.45) is 5.33. The first-order valence-corrected chi connectivity index (χ1v) is 9.91. The Balaban J connectivity index is 1.55. The lowest BCUT2D eigenvalue weighted by atomic mass is 9.95. The first-order chi connectivity index (χ1) is 12.5. The van der Waals surface area contributed by atoms with E-state index in [4.69, 9.17) is 0 Å². The number of amides is 2. The first-order valence-electron chi connectivity index (χ1n) is 9.91. The quantitative estimate of drug-likeness (QED) is 0.870. The van der Waals surface area contributed by atoms with Gasteiger partial charge in [0.25, 0.3) is 5.91 Å². The molecule has 0 aromatic heterocycles. The zero-order valence-corrected chi connectivity index (χ0v) is 16.0. The van der Waals surface area contributed by atoms with E-state index in [1.807, 2.05) is 30.9 Å². The lowest BCUT2D eigenvalue weighted by Gasteiger charge is -2.33. The zero-order chi connectivity index (χ0) is 18.5. The van der Waals surface area contributed by atoms with E-state index in [2.05, 4.69) is 16.7 Å².